The van der Waals surface area contributed by atoms with Crippen LogP contribution in [0.3, 0.4) is 0 Å². The standard InChI is InChI=1S/C14H4N6O10/c21-5-15-7-1-9(17(23)24)13(10(2-7)18(25)26)14-11(19(27)28)3-8(16-6-22)4-12(14)20(29)30/h1-4H. The number of hydrogen-bond donors (Lipinski definition) is 0. The lowest BCUT2D eigenvalue weighted by Crippen LogP contribution is -2.03. The van der Waals surface area contributed by atoms with Crippen molar-refractivity contribution in [2.24, 2.45) is 9.98 Å². The number of hydrogen-bond acceptors (Lipinski definition) is 12. The van der Waals surface area contributed by atoms with Crippen LogP contribution in [0.25, 0.3) is 11.1 Å². The van der Waals surface area contributed by atoms with Gasteiger partial charge in [0, 0.05) is 24.3 Å². The summed E-state index contributed by atoms with van der Waals surface area (Å²) in [7, 11) is 0. The van der Waals surface area contributed by atoms with Gasteiger partial charge in [-0.15, -0.1) is 0 Å². The Morgan fingerprint density at radius 3 is 0.967 bits per heavy atom. The molecule has 2 aromatic rings. The second-order valence-corrected chi connectivity index (χ2v) is 5.15. The van der Waals surface area contributed by atoms with Crippen molar-refractivity contribution in [2.45, 2.75) is 0 Å². The highest BCUT2D eigenvalue weighted by atomic mass is 16.6. The van der Waals surface area contributed by atoms with Crippen LogP contribution in [0, 0.1) is 40.5 Å². The zero-order valence-electron chi connectivity index (χ0n) is 14.1. The summed E-state index contributed by atoms with van der Waals surface area (Å²) in [6.45, 7) is 0. The van der Waals surface area contributed by atoms with Gasteiger partial charge in [0.25, 0.3) is 22.7 Å². The van der Waals surface area contributed by atoms with E-state index in [2.05, 4.69) is 9.98 Å². The number of aliphatic imine (C=N–C) groups is 2. The van der Waals surface area contributed by atoms with E-state index in [1.54, 1.807) is 0 Å². The predicted molar refractivity (Wildman–Crippen MR) is 94.1 cm³/mol. The molecule has 0 aliphatic rings. The Kier molecular flexibility index (Phi) is 5.78. The lowest BCUT2D eigenvalue weighted by molar-refractivity contribution is -0.397. The molecule has 0 aliphatic heterocycles. The van der Waals surface area contributed by atoms with Crippen LogP contribution in [0.15, 0.2) is 34.3 Å². The van der Waals surface area contributed by atoms with Crippen molar-refractivity contribution in [2.75, 3.05) is 0 Å². The van der Waals surface area contributed by atoms with Gasteiger partial charge in [-0.1, -0.05) is 0 Å². The number of carbonyl (C=O) groups excluding carboxylic acids is 2. The molecule has 0 radical (unpaired) electrons. The molecule has 16 nitrogen and oxygen atoms in total. The molecule has 0 heterocycles. The first kappa shape index (κ1) is 21.1. The Balaban J connectivity index is 3.20. The van der Waals surface area contributed by atoms with Gasteiger partial charge >= 0.3 is 0 Å². The summed E-state index contributed by atoms with van der Waals surface area (Å²) < 4.78 is 0. The molecule has 0 bridgehead atoms. The molecule has 16 heteroatoms. The predicted octanol–water partition coefficient (Wildman–Crippen LogP) is 2.92. The van der Waals surface area contributed by atoms with Gasteiger partial charge < -0.3 is 0 Å². The SMILES string of the molecule is O=C=Nc1cc([N+](=O)[O-])c(-c2c([N+](=O)[O-])cc(N=C=O)cc2[N+](=O)[O-])c([N+](=O)[O-])c1. The fourth-order valence-electron chi connectivity index (χ4n) is 2.52. The van der Waals surface area contributed by atoms with Gasteiger partial charge in [0.15, 0.2) is 11.1 Å². The Morgan fingerprint density at radius 2 is 0.800 bits per heavy atom. The van der Waals surface area contributed by atoms with Gasteiger partial charge in [-0.25, -0.2) is 9.59 Å². The summed E-state index contributed by atoms with van der Waals surface area (Å²) in [5.74, 6) is 0. The Hall–Kier alpha value is -5.20. The van der Waals surface area contributed by atoms with E-state index in [-0.39, 0.29) is 0 Å². The third-order valence-electron chi connectivity index (χ3n) is 3.55. The molecule has 150 valence electrons. The maximum Gasteiger partial charge on any atom is 0.286 e. The molecule has 0 unspecified atom stereocenters. The van der Waals surface area contributed by atoms with E-state index in [1.165, 1.54) is 0 Å². The van der Waals surface area contributed by atoms with E-state index in [1.807, 2.05) is 0 Å². The summed E-state index contributed by atoms with van der Waals surface area (Å²) in [5, 5.41) is 46.0. The average Bonchev–Trinajstić information content (AvgIpc) is 2.67. The van der Waals surface area contributed by atoms with Gasteiger partial charge in [0.05, 0.1) is 31.1 Å². The highest BCUT2D eigenvalue weighted by Crippen LogP contribution is 2.49. The Bertz CT molecular complexity index is 1060. The van der Waals surface area contributed by atoms with Crippen molar-refractivity contribution in [3.63, 3.8) is 0 Å². The molecule has 2 aromatic carbocycles. The number of nitro benzene ring substituents is 4. The molecule has 0 aliphatic carbocycles. The van der Waals surface area contributed by atoms with E-state index < -0.39 is 64.9 Å². The van der Waals surface area contributed by atoms with Crippen LogP contribution >= 0.6 is 0 Å². The average molecular weight is 416 g/mol. The molecule has 0 atom stereocenters. The van der Waals surface area contributed by atoms with Crippen LogP contribution in [-0.4, -0.2) is 31.9 Å². The van der Waals surface area contributed by atoms with Crippen molar-refractivity contribution in [1.82, 2.24) is 0 Å². The molecule has 0 fully saturated rings. The van der Waals surface area contributed by atoms with Crippen LogP contribution in [0.4, 0.5) is 34.1 Å². The van der Waals surface area contributed by atoms with Crippen molar-refractivity contribution >= 4 is 46.3 Å². The van der Waals surface area contributed by atoms with Gasteiger partial charge in [0.1, 0.15) is 0 Å². The second kappa shape index (κ2) is 8.22. The van der Waals surface area contributed by atoms with Gasteiger partial charge in [-0.3, -0.25) is 40.5 Å². The molecule has 0 N–H and O–H groups in total. The summed E-state index contributed by atoms with van der Waals surface area (Å²) in [4.78, 5) is 68.1. The number of nitro groups is 4. The van der Waals surface area contributed by atoms with Crippen LogP contribution in [-0.2, 0) is 9.59 Å². The zero-order chi connectivity index (χ0) is 22.6. The lowest BCUT2D eigenvalue weighted by Gasteiger charge is -2.08. The Morgan fingerprint density at radius 1 is 0.567 bits per heavy atom. The van der Waals surface area contributed by atoms with Gasteiger partial charge in [-0.05, 0) is 0 Å². The van der Waals surface area contributed by atoms with Crippen molar-refractivity contribution in [3.05, 3.63) is 64.7 Å². The number of nitrogens with zero attached hydrogens (tertiary/aromatic N) is 6. The number of isocyanates is 2. The molecule has 0 amide bonds. The molecule has 0 spiro atoms. The van der Waals surface area contributed by atoms with Crippen LogP contribution in [0.2, 0.25) is 0 Å². The number of rotatable bonds is 7. The Labute approximate surface area is 162 Å². The highest BCUT2D eigenvalue weighted by molar-refractivity contribution is 5.95. The fourth-order valence-corrected chi connectivity index (χ4v) is 2.52. The number of benzene rings is 2. The molecular formula is C14H4N6O10. The lowest BCUT2D eigenvalue weighted by atomic mass is 9.96. The molecule has 0 saturated carbocycles. The molecule has 2 rings (SSSR count). The van der Waals surface area contributed by atoms with E-state index in [0.29, 0.717) is 24.3 Å². The quantitative estimate of drug-likeness (QED) is 0.277. The van der Waals surface area contributed by atoms with Crippen molar-refractivity contribution in [1.29, 1.82) is 0 Å². The van der Waals surface area contributed by atoms with E-state index >= 15 is 0 Å². The first-order chi connectivity index (χ1) is 14.1. The third-order valence-corrected chi connectivity index (χ3v) is 3.55. The third kappa shape index (κ3) is 3.89. The second-order valence-electron chi connectivity index (χ2n) is 5.15. The summed E-state index contributed by atoms with van der Waals surface area (Å²) in [5.41, 5.74) is -8.00. The normalized spacial score (nSPS) is 9.73. The minimum atomic E-state index is -1.20. The minimum Gasteiger partial charge on any atom is -0.258 e. The maximum absolute atomic E-state index is 11.5. The first-order valence-electron chi connectivity index (χ1n) is 7.22. The molecular weight excluding hydrogens is 412 g/mol. The van der Waals surface area contributed by atoms with E-state index in [9.17, 15) is 50.0 Å². The largest absolute Gasteiger partial charge is 0.286 e. The topological polar surface area (TPSA) is 231 Å². The van der Waals surface area contributed by atoms with Crippen LogP contribution < -0.4 is 0 Å². The molecule has 0 aromatic heterocycles. The molecule has 30 heavy (non-hydrogen) atoms. The van der Waals surface area contributed by atoms with Crippen molar-refractivity contribution < 1.29 is 29.3 Å². The van der Waals surface area contributed by atoms with Crippen LogP contribution in [0.5, 0.6) is 0 Å². The van der Waals surface area contributed by atoms with Crippen molar-refractivity contribution in [3.8, 4) is 11.1 Å². The fraction of sp³-hybridized carbons (Fsp3) is 0. The summed E-state index contributed by atoms with van der Waals surface area (Å²) >= 11 is 0. The minimum absolute atomic E-state index is 0.554. The van der Waals surface area contributed by atoms with E-state index in [0.717, 1.165) is 12.2 Å². The van der Waals surface area contributed by atoms with E-state index in [4.69, 9.17) is 0 Å². The summed E-state index contributed by atoms with van der Waals surface area (Å²) in [6, 6.07) is 2.21. The van der Waals surface area contributed by atoms with Gasteiger partial charge in [-0.2, -0.15) is 9.98 Å². The monoisotopic (exact) mass is 416 g/mol. The zero-order valence-corrected chi connectivity index (χ0v) is 14.1. The maximum atomic E-state index is 11.5. The highest BCUT2D eigenvalue weighted by Gasteiger charge is 2.39. The van der Waals surface area contributed by atoms with Crippen LogP contribution in [0.1, 0.15) is 0 Å². The smallest absolute Gasteiger partial charge is 0.258 e. The summed E-state index contributed by atoms with van der Waals surface area (Å²) in [6.07, 6.45) is 2.04. The van der Waals surface area contributed by atoms with Gasteiger partial charge in [0.2, 0.25) is 12.2 Å². The first-order valence-corrected chi connectivity index (χ1v) is 7.22. The molecule has 0 saturated heterocycles.